The molecule has 2 aromatic rings. The molecule has 2 aromatic heterocycles. The van der Waals surface area contributed by atoms with E-state index in [1.54, 1.807) is 0 Å². The van der Waals surface area contributed by atoms with E-state index >= 15 is 0 Å². The molecule has 0 radical (unpaired) electrons. The summed E-state index contributed by atoms with van der Waals surface area (Å²) in [5.41, 5.74) is 2.76. The van der Waals surface area contributed by atoms with Crippen molar-refractivity contribution in [3.8, 4) is 0 Å². The van der Waals surface area contributed by atoms with Gasteiger partial charge in [-0.1, -0.05) is 27.7 Å². The second-order valence-corrected chi connectivity index (χ2v) is 6.22. The Morgan fingerprint density at radius 3 is 2.57 bits per heavy atom. The Morgan fingerprint density at radius 2 is 2.00 bits per heavy atom. The fraction of sp³-hybridized carbons (Fsp3) is 0.611. The van der Waals surface area contributed by atoms with E-state index in [4.69, 9.17) is 0 Å². The number of likely N-dealkylation sites (tertiary alicyclic amines) is 1. The molecule has 3 nitrogen and oxygen atoms in total. The van der Waals surface area contributed by atoms with Crippen LogP contribution in [0, 0.1) is 0 Å². The number of hydrogen-bond donors (Lipinski definition) is 0. The Balaban J connectivity index is 0.000000774. The zero-order chi connectivity index (χ0) is 15.6. The Kier molecular flexibility index (Phi) is 5.04. The van der Waals surface area contributed by atoms with Gasteiger partial charge in [0.1, 0.15) is 0 Å². The highest BCUT2D eigenvalue weighted by molar-refractivity contribution is 5.83. The van der Waals surface area contributed by atoms with Crippen molar-refractivity contribution in [1.29, 1.82) is 0 Å². The molecule has 0 aliphatic carbocycles. The maximum Gasteiger partial charge on any atom is 0.0517 e. The van der Waals surface area contributed by atoms with Gasteiger partial charge in [-0.2, -0.15) is 0 Å². The van der Waals surface area contributed by atoms with Crippen LogP contribution in [0.3, 0.4) is 0 Å². The highest BCUT2D eigenvalue weighted by atomic mass is 15.2. The van der Waals surface area contributed by atoms with Gasteiger partial charge in [0.2, 0.25) is 0 Å². The van der Waals surface area contributed by atoms with Crippen molar-refractivity contribution >= 4 is 10.9 Å². The van der Waals surface area contributed by atoms with Crippen LogP contribution in [0.5, 0.6) is 0 Å². The molecule has 1 aliphatic heterocycles. The predicted octanol–water partition coefficient (Wildman–Crippen LogP) is 4.45. The van der Waals surface area contributed by atoms with Crippen LogP contribution in [0.4, 0.5) is 0 Å². The lowest BCUT2D eigenvalue weighted by molar-refractivity contribution is 0.325. The summed E-state index contributed by atoms with van der Waals surface area (Å²) in [6, 6.07) is 3.42. The SMILES string of the molecule is CC.CC(C)c1cn([C@@H]2C[C@@H](C)N(C)C2)c2ccncc12. The van der Waals surface area contributed by atoms with Crippen LogP contribution >= 0.6 is 0 Å². The van der Waals surface area contributed by atoms with Gasteiger partial charge in [-0.05, 0) is 37.9 Å². The van der Waals surface area contributed by atoms with E-state index < -0.39 is 0 Å². The van der Waals surface area contributed by atoms with Gasteiger partial charge in [0.05, 0.1) is 5.52 Å². The third-order valence-electron chi connectivity index (χ3n) is 4.55. The monoisotopic (exact) mass is 287 g/mol. The summed E-state index contributed by atoms with van der Waals surface area (Å²) < 4.78 is 2.48. The molecule has 3 heteroatoms. The van der Waals surface area contributed by atoms with Crippen molar-refractivity contribution in [1.82, 2.24) is 14.5 Å². The predicted molar refractivity (Wildman–Crippen MR) is 90.9 cm³/mol. The van der Waals surface area contributed by atoms with Crippen molar-refractivity contribution < 1.29 is 0 Å². The fourth-order valence-corrected chi connectivity index (χ4v) is 3.25. The summed E-state index contributed by atoms with van der Waals surface area (Å²) >= 11 is 0. The molecule has 0 spiro atoms. The fourth-order valence-electron chi connectivity index (χ4n) is 3.25. The van der Waals surface area contributed by atoms with Gasteiger partial charge in [-0.15, -0.1) is 0 Å². The summed E-state index contributed by atoms with van der Waals surface area (Å²) in [6.07, 6.45) is 7.52. The topological polar surface area (TPSA) is 21.1 Å². The van der Waals surface area contributed by atoms with Crippen LogP contribution in [0.2, 0.25) is 0 Å². The van der Waals surface area contributed by atoms with E-state index in [1.807, 2.05) is 26.2 Å². The molecule has 0 amide bonds. The molecule has 0 unspecified atom stereocenters. The lowest BCUT2D eigenvalue weighted by Gasteiger charge is -2.14. The molecule has 1 saturated heterocycles. The molecule has 0 N–H and O–H groups in total. The quantitative estimate of drug-likeness (QED) is 0.813. The van der Waals surface area contributed by atoms with Crippen LogP contribution in [0.1, 0.15) is 58.6 Å². The Bertz CT molecular complexity index is 575. The van der Waals surface area contributed by atoms with Crippen LogP contribution in [-0.2, 0) is 0 Å². The number of aromatic nitrogens is 2. The van der Waals surface area contributed by atoms with Gasteiger partial charge in [0, 0.05) is 42.6 Å². The highest BCUT2D eigenvalue weighted by Crippen LogP contribution is 2.33. The first-order valence-corrected chi connectivity index (χ1v) is 8.22. The minimum atomic E-state index is 0.546. The van der Waals surface area contributed by atoms with Crippen LogP contribution in [0.25, 0.3) is 10.9 Å². The van der Waals surface area contributed by atoms with E-state index in [2.05, 4.69) is 54.5 Å². The third-order valence-corrected chi connectivity index (χ3v) is 4.55. The molecule has 1 aliphatic rings. The first-order valence-electron chi connectivity index (χ1n) is 8.22. The second-order valence-electron chi connectivity index (χ2n) is 6.22. The molecular formula is C18H29N3. The van der Waals surface area contributed by atoms with Crippen LogP contribution in [0.15, 0.2) is 24.7 Å². The van der Waals surface area contributed by atoms with E-state index in [9.17, 15) is 0 Å². The summed E-state index contributed by atoms with van der Waals surface area (Å²) in [7, 11) is 2.22. The van der Waals surface area contributed by atoms with Crippen molar-refractivity contribution in [2.75, 3.05) is 13.6 Å². The second kappa shape index (κ2) is 6.61. The zero-order valence-corrected chi connectivity index (χ0v) is 14.3. The van der Waals surface area contributed by atoms with Crippen LogP contribution in [-0.4, -0.2) is 34.1 Å². The summed E-state index contributed by atoms with van der Waals surface area (Å²) in [4.78, 5) is 6.75. The number of hydrogen-bond acceptors (Lipinski definition) is 2. The first kappa shape index (κ1) is 16.0. The van der Waals surface area contributed by atoms with Gasteiger partial charge in [0.25, 0.3) is 0 Å². The number of rotatable bonds is 2. The molecule has 0 bridgehead atoms. The van der Waals surface area contributed by atoms with Crippen molar-refractivity contribution in [3.63, 3.8) is 0 Å². The summed E-state index contributed by atoms with van der Waals surface area (Å²) in [6.45, 7) is 12.0. The summed E-state index contributed by atoms with van der Waals surface area (Å²) in [5.74, 6) is 0.546. The summed E-state index contributed by atoms with van der Waals surface area (Å²) in [5, 5.41) is 1.32. The van der Waals surface area contributed by atoms with E-state index in [0.717, 1.165) is 6.54 Å². The van der Waals surface area contributed by atoms with E-state index in [-0.39, 0.29) is 0 Å². The van der Waals surface area contributed by atoms with Gasteiger partial charge in [-0.25, -0.2) is 0 Å². The van der Waals surface area contributed by atoms with E-state index in [0.29, 0.717) is 18.0 Å². The van der Waals surface area contributed by atoms with Crippen molar-refractivity contribution in [3.05, 3.63) is 30.2 Å². The minimum absolute atomic E-state index is 0.546. The average Bonchev–Trinajstić information content (AvgIpc) is 3.02. The maximum absolute atomic E-state index is 4.30. The average molecular weight is 287 g/mol. The third kappa shape index (κ3) is 2.98. The molecule has 116 valence electrons. The van der Waals surface area contributed by atoms with Crippen molar-refractivity contribution in [2.24, 2.45) is 0 Å². The van der Waals surface area contributed by atoms with Crippen molar-refractivity contribution in [2.45, 2.75) is 59.0 Å². The van der Waals surface area contributed by atoms with Crippen LogP contribution < -0.4 is 0 Å². The number of fused-ring (bicyclic) bond motifs is 1. The van der Waals surface area contributed by atoms with Gasteiger partial charge in [0.15, 0.2) is 0 Å². The number of pyridine rings is 1. The molecule has 21 heavy (non-hydrogen) atoms. The first-order chi connectivity index (χ1) is 10.1. The van der Waals surface area contributed by atoms with E-state index in [1.165, 1.54) is 22.9 Å². The molecule has 3 heterocycles. The lowest BCUT2D eigenvalue weighted by atomic mass is 10.0. The Labute approximate surface area is 129 Å². The number of nitrogens with zero attached hydrogens (tertiary/aromatic N) is 3. The normalized spacial score (nSPS) is 22.6. The molecule has 1 fully saturated rings. The molecule has 2 atom stereocenters. The van der Waals surface area contributed by atoms with Gasteiger partial charge >= 0.3 is 0 Å². The van der Waals surface area contributed by atoms with Gasteiger partial charge < -0.3 is 9.47 Å². The Morgan fingerprint density at radius 1 is 1.29 bits per heavy atom. The maximum atomic E-state index is 4.30. The largest absolute Gasteiger partial charge is 0.343 e. The van der Waals surface area contributed by atoms with Gasteiger partial charge in [-0.3, -0.25) is 4.98 Å². The number of likely N-dealkylation sites (N-methyl/N-ethyl adjacent to an activating group) is 1. The minimum Gasteiger partial charge on any atom is -0.343 e. The molecule has 0 aromatic carbocycles. The highest BCUT2D eigenvalue weighted by Gasteiger charge is 2.28. The molecule has 0 saturated carbocycles. The lowest BCUT2D eigenvalue weighted by Crippen LogP contribution is -2.21. The molecule has 3 rings (SSSR count). The zero-order valence-electron chi connectivity index (χ0n) is 14.3. The smallest absolute Gasteiger partial charge is 0.0517 e. The standard InChI is InChI=1S/C16H23N3.C2H6/c1-11(2)15-10-19(13-7-12(3)18(4)9-13)16-5-6-17-8-14(15)16;1-2/h5-6,8,10-13H,7,9H2,1-4H3;1-2H3/t12-,13-;/m1./s1. The Hall–Kier alpha value is -1.35. The molecular weight excluding hydrogens is 258 g/mol.